The highest BCUT2D eigenvalue weighted by Crippen LogP contribution is 2.19. The normalized spacial score (nSPS) is 16.2. The summed E-state index contributed by atoms with van der Waals surface area (Å²) < 4.78 is 13.3. The number of likely N-dealkylation sites (N-methyl/N-ethyl adjacent to an activating group) is 1. The maximum atomic E-state index is 13.3. The Labute approximate surface area is 165 Å². The highest BCUT2D eigenvalue weighted by Gasteiger charge is 2.31. The van der Waals surface area contributed by atoms with Gasteiger partial charge in [-0.2, -0.15) is 0 Å². The van der Waals surface area contributed by atoms with E-state index < -0.39 is 0 Å². The molecule has 0 spiro atoms. The second-order valence-electron chi connectivity index (χ2n) is 7.17. The van der Waals surface area contributed by atoms with Crippen LogP contribution in [-0.2, 0) is 11.3 Å². The van der Waals surface area contributed by atoms with E-state index >= 15 is 0 Å². The van der Waals surface area contributed by atoms with Gasteiger partial charge in [0.1, 0.15) is 5.82 Å². The van der Waals surface area contributed by atoms with Crippen LogP contribution in [0.25, 0.3) is 0 Å². The van der Waals surface area contributed by atoms with Crippen LogP contribution in [0, 0.1) is 5.82 Å². The number of hydrogen-bond acceptors (Lipinski definition) is 2. The molecule has 6 heteroatoms. The van der Waals surface area contributed by atoms with Gasteiger partial charge in [-0.25, -0.2) is 4.39 Å². The molecule has 1 heterocycles. The molecule has 1 aliphatic heterocycles. The lowest BCUT2D eigenvalue weighted by molar-refractivity contribution is -0.915. The van der Waals surface area contributed by atoms with E-state index in [-0.39, 0.29) is 17.8 Å². The van der Waals surface area contributed by atoms with Crippen molar-refractivity contribution < 1.29 is 14.1 Å². The molecule has 27 heavy (non-hydrogen) atoms. The topological polar surface area (TPSA) is 28.0 Å². The van der Waals surface area contributed by atoms with E-state index in [2.05, 4.69) is 11.0 Å². The number of carbonyl (C=O) groups excluding carboxylic acids is 1. The van der Waals surface area contributed by atoms with E-state index in [9.17, 15) is 9.18 Å². The van der Waals surface area contributed by atoms with Crippen LogP contribution in [0.2, 0.25) is 5.02 Å². The molecular formula is C21H26ClFN3O+. The van der Waals surface area contributed by atoms with Crippen LogP contribution in [0.5, 0.6) is 0 Å². The van der Waals surface area contributed by atoms with Crippen molar-refractivity contribution in [2.75, 3.05) is 38.1 Å². The van der Waals surface area contributed by atoms with Gasteiger partial charge < -0.3 is 14.7 Å². The lowest BCUT2D eigenvalue weighted by atomic mass is 10.1. The van der Waals surface area contributed by atoms with Crippen LogP contribution < -0.4 is 9.80 Å². The van der Waals surface area contributed by atoms with Crippen molar-refractivity contribution >= 4 is 23.2 Å². The number of halogens is 2. The lowest BCUT2D eigenvalue weighted by Crippen LogP contribution is -3.19. The number of rotatable bonds is 5. The summed E-state index contributed by atoms with van der Waals surface area (Å²) >= 11 is 6.09. The van der Waals surface area contributed by atoms with Gasteiger partial charge in [0.2, 0.25) is 0 Å². The number of carbonyl (C=O) groups is 1. The van der Waals surface area contributed by atoms with Crippen LogP contribution in [0.4, 0.5) is 10.1 Å². The molecular weight excluding hydrogens is 365 g/mol. The van der Waals surface area contributed by atoms with Gasteiger partial charge >= 0.3 is 0 Å². The Balaban J connectivity index is 1.55. The first-order valence-electron chi connectivity index (χ1n) is 9.28. The molecule has 0 unspecified atom stereocenters. The zero-order chi connectivity index (χ0) is 19.4. The van der Waals surface area contributed by atoms with Crippen LogP contribution >= 0.6 is 11.6 Å². The highest BCUT2D eigenvalue weighted by atomic mass is 35.5. The Kier molecular flexibility index (Phi) is 6.34. The maximum absolute atomic E-state index is 13.3. The zero-order valence-electron chi connectivity index (χ0n) is 15.8. The number of piperazine rings is 1. The molecule has 2 aromatic rings. The molecule has 1 atom stereocenters. The van der Waals surface area contributed by atoms with Gasteiger partial charge in [0.15, 0.2) is 6.04 Å². The molecule has 1 N–H and O–H groups in total. The predicted molar refractivity (Wildman–Crippen MR) is 107 cm³/mol. The number of anilines is 1. The van der Waals surface area contributed by atoms with Crippen LogP contribution in [0.1, 0.15) is 12.5 Å². The van der Waals surface area contributed by atoms with E-state index in [0.717, 1.165) is 42.5 Å². The molecule has 144 valence electrons. The van der Waals surface area contributed by atoms with Crippen LogP contribution in [-0.4, -0.2) is 50.1 Å². The van der Waals surface area contributed by atoms with Gasteiger partial charge in [0, 0.05) is 24.3 Å². The molecule has 1 aliphatic rings. The van der Waals surface area contributed by atoms with Crippen molar-refractivity contribution in [1.82, 2.24) is 4.90 Å². The maximum Gasteiger partial charge on any atom is 0.280 e. The van der Waals surface area contributed by atoms with E-state index in [1.165, 1.54) is 17.0 Å². The van der Waals surface area contributed by atoms with E-state index in [0.29, 0.717) is 6.54 Å². The number of hydrogen-bond donors (Lipinski definition) is 1. The zero-order valence-corrected chi connectivity index (χ0v) is 16.5. The minimum Gasteiger partial charge on any atom is -0.360 e. The van der Waals surface area contributed by atoms with Crippen molar-refractivity contribution in [3.8, 4) is 0 Å². The highest BCUT2D eigenvalue weighted by molar-refractivity contribution is 6.30. The standard InChI is InChI=1S/C21H25ClFN3O/c1-16(21(27)24(2)15-17-5-3-7-19(23)13-17)25-9-11-26(12-10-25)20-8-4-6-18(22)14-20/h3-8,13-14,16H,9-12,15H2,1-2H3/p+1/t16-/m1/s1. The summed E-state index contributed by atoms with van der Waals surface area (Å²) in [5.74, 6) is -0.186. The third kappa shape index (κ3) is 4.99. The van der Waals surface area contributed by atoms with Gasteiger partial charge in [0.05, 0.1) is 26.2 Å². The third-order valence-electron chi connectivity index (χ3n) is 5.25. The fourth-order valence-electron chi connectivity index (χ4n) is 3.65. The average molecular weight is 391 g/mol. The van der Waals surface area contributed by atoms with E-state index in [1.54, 1.807) is 18.0 Å². The second kappa shape index (κ2) is 8.72. The average Bonchev–Trinajstić information content (AvgIpc) is 2.67. The molecule has 0 bridgehead atoms. The molecule has 0 aliphatic carbocycles. The quantitative estimate of drug-likeness (QED) is 0.848. The Morgan fingerprint density at radius 2 is 1.93 bits per heavy atom. The SMILES string of the molecule is C[C@H](C(=O)N(C)Cc1cccc(F)c1)[NH+]1CCN(c2cccc(Cl)c2)CC1. The first-order valence-corrected chi connectivity index (χ1v) is 9.66. The number of benzene rings is 2. The van der Waals surface area contributed by atoms with Gasteiger partial charge in [0.25, 0.3) is 5.91 Å². The Morgan fingerprint density at radius 1 is 1.22 bits per heavy atom. The molecule has 0 radical (unpaired) electrons. The fraction of sp³-hybridized carbons (Fsp3) is 0.381. The first-order chi connectivity index (χ1) is 12.9. The Morgan fingerprint density at radius 3 is 2.59 bits per heavy atom. The fourth-order valence-corrected chi connectivity index (χ4v) is 3.83. The minimum atomic E-state index is -0.274. The summed E-state index contributed by atoms with van der Waals surface area (Å²) in [5, 5.41) is 0.741. The molecule has 0 saturated carbocycles. The molecule has 3 rings (SSSR count). The van der Waals surface area contributed by atoms with Crippen LogP contribution in [0.3, 0.4) is 0 Å². The lowest BCUT2D eigenvalue weighted by Gasteiger charge is -2.37. The van der Waals surface area contributed by atoms with Crippen molar-refractivity contribution in [2.45, 2.75) is 19.5 Å². The van der Waals surface area contributed by atoms with E-state index in [4.69, 9.17) is 11.6 Å². The smallest absolute Gasteiger partial charge is 0.280 e. The molecule has 1 amide bonds. The minimum absolute atomic E-state index is 0.0884. The number of quaternary nitrogens is 1. The number of nitrogens with zero attached hydrogens (tertiary/aromatic N) is 2. The Bertz CT molecular complexity index is 793. The number of amides is 1. The van der Waals surface area contributed by atoms with Crippen molar-refractivity contribution in [3.05, 3.63) is 64.9 Å². The number of nitrogens with one attached hydrogen (secondary N) is 1. The van der Waals surface area contributed by atoms with Crippen molar-refractivity contribution in [3.63, 3.8) is 0 Å². The van der Waals surface area contributed by atoms with Crippen molar-refractivity contribution in [2.24, 2.45) is 0 Å². The van der Waals surface area contributed by atoms with Gasteiger partial charge in [-0.1, -0.05) is 29.8 Å². The molecule has 0 aromatic heterocycles. The van der Waals surface area contributed by atoms with Gasteiger partial charge in [-0.15, -0.1) is 0 Å². The molecule has 1 saturated heterocycles. The third-order valence-corrected chi connectivity index (χ3v) is 5.48. The summed E-state index contributed by atoms with van der Waals surface area (Å²) in [6.45, 7) is 5.97. The summed E-state index contributed by atoms with van der Waals surface area (Å²) in [4.78, 5) is 18.1. The van der Waals surface area contributed by atoms with Crippen LogP contribution in [0.15, 0.2) is 48.5 Å². The monoisotopic (exact) mass is 390 g/mol. The second-order valence-corrected chi connectivity index (χ2v) is 7.61. The molecule has 1 fully saturated rings. The first kappa shape index (κ1) is 19.6. The summed E-state index contributed by atoms with van der Waals surface area (Å²) in [6, 6.07) is 14.2. The molecule has 4 nitrogen and oxygen atoms in total. The van der Waals surface area contributed by atoms with E-state index in [1.807, 2.05) is 31.2 Å². The molecule has 2 aromatic carbocycles. The largest absolute Gasteiger partial charge is 0.360 e. The predicted octanol–water partition coefficient (Wildman–Crippen LogP) is 2.23. The van der Waals surface area contributed by atoms with Gasteiger partial charge in [-0.05, 0) is 42.8 Å². The summed E-state index contributed by atoms with van der Waals surface area (Å²) in [5.41, 5.74) is 1.93. The summed E-state index contributed by atoms with van der Waals surface area (Å²) in [6.07, 6.45) is 0. The Hall–Kier alpha value is -2.11. The van der Waals surface area contributed by atoms with Gasteiger partial charge in [-0.3, -0.25) is 4.79 Å². The van der Waals surface area contributed by atoms with Crippen molar-refractivity contribution in [1.29, 1.82) is 0 Å². The summed E-state index contributed by atoms with van der Waals surface area (Å²) in [7, 11) is 1.78.